The number of hydrogen-bond acceptors (Lipinski definition) is 5. The summed E-state index contributed by atoms with van der Waals surface area (Å²) in [6, 6.07) is 16.3. The van der Waals surface area contributed by atoms with Crippen molar-refractivity contribution in [3.05, 3.63) is 83.4 Å². The van der Waals surface area contributed by atoms with Gasteiger partial charge in [-0.1, -0.05) is 30.3 Å². The molecule has 10 heteroatoms. The number of hydrogen-bond donors (Lipinski definition) is 1. The molecule has 1 aliphatic heterocycles. The molecule has 0 radical (unpaired) electrons. The number of alkyl halides is 3. The summed E-state index contributed by atoms with van der Waals surface area (Å²) in [4.78, 5) is 0.00185. The molecule has 0 bridgehead atoms. The molecular weight excluding hydrogens is 469 g/mol. The van der Waals surface area contributed by atoms with Crippen LogP contribution in [0.1, 0.15) is 29.2 Å². The molecule has 0 fully saturated rings. The third kappa shape index (κ3) is 4.69. The Bertz CT molecular complexity index is 1350. The summed E-state index contributed by atoms with van der Waals surface area (Å²) in [5.41, 5.74) is 0.145. The highest BCUT2D eigenvalue weighted by Crippen LogP contribution is 2.46. The van der Waals surface area contributed by atoms with Gasteiger partial charge in [0.05, 0.1) is 16.9 Å². The molecule has 4 rings (SSSR count). The van der Waals surface area contributed by atoms with Gasteiger partial charge in [0.15, 0.2) is 22.6 Å². The number of benzene rings is 3. The monoisotopic (exact) mass is 491 g/mol. The first-order valence-corrected chi connectivity index (χ1v) is 12.1. The van der Waals surface area contributed by atoms with E-state index in [2.05, 4.69) is 5.11 Å². The minimum atomic E-state index is -4.53. The minimum Gasteiger partial charge on any atom is -0.456 e. The van der Waals surface area contributed by atoms with Crippen molar-refractivity contribution in [2.24, 2.45) is 5.11 Å². The maximum Gasteiger partial charge on any atom is 0.418 e. The van der Waals surface area contributed by atoms with Gasteiger partial charge in [0.2, 0.25) is 6.04 Å². The van der Waals surface area contributed by atoms with Gasteiger partial charge >= 0.3 is 6.18 Å². The van der Waals surface area contributed by atoms with Gasteiger partial charge in [0.1, 0.15) is 16.4 Å². The first-order chi connectivity index (χ1) is 16.1. The normalized spacial score (nSPS) is 15.7. The largest absolute Gasteiger partial charge is 0.456 e. The first kappa shape index (κ1) is 23.9. The number of nitrogens with zero attached hydrogens (tertiary/aromatic N) is 2. The molecule has 34 heavy (non-hydrogen) atoms. The summed E-state index contributed by atoms with van der Waals surface area (Å²) in [5.74, 6) is 0.231. The van der Waals surface area contributed by atoms with Crippen molar-refractivity contribution in [2.45, 2.75) is 23.5 Å². The molecular formula is C24H22F3N2O4S+. The molecule has 0 saturated carbocycles. The van der Waals surface area contributed by atoms with Gasteiger partial charge in [-0.25, -0.2) is 8.42 Å². The Hall–Kier alpha value is -3.24. The van der Waals surface area contributed by atoms with Crippen LogP contribution in [0.4, 0.5) is 18.9 Å². The highest BCUT2D eigenvalue weighted by Gasteiger charge is 2.42. The van der Waals surface area contributed by atoms with Crippen LogP contribution in [-0.4, -0.2) is 37.6 Å². The summed E-state index contributed by atoms with van der Waals surface area (Å²) in [6.45, 7) is -0.248. The zero-order chi connectivity index (χ0) is 24.5. The van der Waals surface area contributed by atoms with Gasteiger partial charge in [0.25, 0.3) is 0 Å². The molecule has 0 aromatic heterocycles. The van der Waals surface area contributed by atoms with Crippen molar-refractivity contribution in [1.82, 2.24) is 0 Å². The predicted molar refractivity (Wildman–Crippen MR) is 118 cm³/mol. The van der Waals surface area contributed by atoms with Crippen molar-refractivity contribution >= 4 is 15.5 Å². The van der Waals surface area contributed by atoms with Crippen LogP contribution >= 0.6 is 0 Å². The standard InChI is InChI=1S/C24H22F3N2O4S/c1-29-23(18-9-5-10-19(22(18)28-29)24(25,26)27)16-7-4-8-17(15-16)33-20-11-2-3-12-21(20)34(31,32)14-6-13-30/h2-5,7-12,15,23,30H,6,13-14H2,1H3/q+1. The lowest BCUT2D eigenvalue weighted by molar-refractivity contribution is -0.588. The molecule has 0 saturated heterocycles. The second-order valence-electron chi connectivity index (χ2n) is 7.83. The number of rotatable bonds is 7. The van der Waals surface area contributed by atoms with E-state index in [1.54, 1.807) is 49.5 Å². The Morgan fingerprint density at radius 3 is 2.53 bits per heavy atom. The van der Waals surface area contributed by atoms with Gasteiger partial charge in [-0.2, -0.15) is 13.2 Å². The lowest BCUT2D eigenvalue weighted by Crippen LogP contribution is -2.11. The number of azo groups is 2. The fraction of sp³-hybridized carbons (Fsp3) is 0.250. The van der Waals surface area contributed by atoms with Crippen molar-refractivity contribution in [1.29, 1.82) is 0 Å². The third-order valence-corrected chi connectivity index (χ3v) is 7.29. The van der Waals surface area contributed by atoms with Crippen LogP contribution in [0.5, 0.6) is 11.5 Å². The van der Waals surface area contributed by atoms with E-state index in [1.807, 2.05) is 0 Å². The number of ether oxygens (including phenoxy) is 1. The van der Waals surface area contributed by atoms with Crippen LogP contribution in [0.15, 0.2) is 76.7 Å². The summed E-state index contributed by atoms with van der Waals surface area (Å²) >= 11 is 0. The quantitative estimate of drug-likeness (QED) is 0.444. The fourth-order valence-electron chi connectivity index (χ4n) is 3.97. The summed E-state index contributed by atoms with van der Waals surface area (Å²) in [5, 5.41) is 13.1. The minimum absolute atomic E-state index is 0.00185. The van der Waals surface area contributed by atoms with Crippen LogP contribution in [0.2, 0.25) is 0 Å². The average Bonchev–Trinajstić information content (AvgIpc) is 3.13. The molecule has 1 heterocycles. The molecule has 178 valence electrons. The average molecular weight is 492 g/mol. The van der Waals surface area contributed by atoms with E-state index in [-0.39, 0.29) is 35.1 Å². The maximum absolute atomic E-state index is 13.5. The van der Waals surface area contributed by atoms with Gasteiger partial charge in [-0.15, -0.1) is 4.70 Å². The van der Waals surface area contributed by atoms with Crippen LogP contribution in [0.25, 0.3) is 0 Å². The highest BCUT2D eigenvalue weighted by atomic mass is 32.2. The highest BCUT2D eigenvalue weighted by molar-refractivity contribution is 7.91. The van der Waals surface area contributed by atoms with Crippen molar-refractivity contribution in [2.75, 3.05) is 19.4 Å². The van der Waals surface area contributed by atoms with Crippen molar-refractivity contribution in [3.63, 3.8) is 0 Å². The first-order valence-electron chi connectivity index (χ1n) is 10.5. The van der Waals surface area contributed by atoms with E-state index in [4.69, 9.17) is 9.84 Å². The number of sulfone groups is 1. The van der Waals surface area contributed by atoms with E-state index < -0.39 is 27.6 Å². The summed E-state index contributed by atoms with van der Waals surface area (Å²) in [7, 11) is -2.08. The molecule has 3 aromatic rings. The van der Waals surface area contributed by atoms with Gasteiger partial charge in [-0.3, -0.25) is 0 Å². The van der Waals surface area contributed by atoms with Crippen LogP contribution in [-0.2, 0) is 16.0 Å². The maximum atomic E-state index is 13.5. The number of aliphatic hydroxyl groups excluding tert-OH is 1. The lowest BCUT2D eigenvalue weighted by atomic mass is 9.96. The van der Waals surface area contributed by atoms with Gasteiger partial charge in [0, 0.05) is 12.2 Å². The molecule has 0 aliphatic carbocycles. The molecule has 1 aliphatic rings. The van der Waals surface area contributed by atoms with E-state index >= 15 is 0 Å². The molecule has 1 atom stereocenters. The Kier molecular flexibility index (Phi) is 6.46. The molecule has 1 unspecified atom stereocenters. The Balaban J connectivity index is 1.69. The Morgan fingerprint density at radius 2 is 1.79 bits per heavy atom. The van der Waals surface area contributed by atoms with Crippen LogP contribution in [0, 0.1) is 0 Å². The molecule has 3 aromatic carbocycles. The molecule has 0 spiro atoms. The fourth-order valence-corrected chi connectivity index (χ4v) is 5.40. The van der Waals surface area contributed by atoms with Crippen LogP contribution < -0.4 is 4.74 Å². The van der Waals surface area contributed by atoms with Crippen molar-refractivity contribution in [3.8, 4) is 11.5 Å². The molecule has 0 amide bonds. The van der Waals surface area contributed by atoms with Gasteiger partial charge < -0.3 is 9.84 Å². The molecule has 6 nitrogen and oxygen atoms in total. The number of fused-ring (bicyclic) bond motifs is 1. The van der Waals surface area contributed by atoms with Crippen molar-refractivity contribution < 1.29 is 36.1 Å². The Morgan fingerprint density at radius 1 is 1.06 bits per heavy atom. The smallest absolute Gasteiger partial charge is 0.418 e. The lowest BCUT2D eigenvalue weighted by Gasteiger charge is -2.14. The summed E-state index contributed by atoms with van der Waals surface area (Å²) in [6.07, 6.45) is -4.43. The summed E-state index contributed by atoms with van der Waals surface area (Å²) < 4.78 is 73.1. The van der Waals surface area contributed by atoms with E-state index in [1.165, 1.54) is 22.9 Å². The second-order valence-corrected chi connectivity index (χ2v) is 9.91. The van der Waals surface area contributed by atoms with E-state index in [0.717, 1.165) is 6.07 Å². The number of aliphatic hydroxyl groups is 1. The van der Waals surface area contributed by atoms with E-state index in [0.29, 0.717) is 16.9 Å². The van der Waals surface area contributed by atoms with E-state index in [9.17, 15) is 21.6 Å². The number of halogens is 3. The predicted octanol–water partition coefficient (Wildman–Crippen LogP) is 5.48. The van der Waals surface area contributed by atoms with Gasteiger partial charge in [-0.05, 0) is 47.9 Å². The van der Waals surface area contributed by atoms with Crippen LogP contribution in [0.3, 0.4) is 0 Å². The Labute approximate surface area is 194 Å². The third-order valence-electron chi connectivity index (χ3n) is 5.46. The second kappa shape index (κ2) is 9.19. The zero-order valence-electron chi connectivity index (χ0n) is 18.2. The topological polar surface area (TPSA) is 79.0 Å². The SMILES string of the molecule is C[N+]1=Nc2c(cccc2C(F)(F)F)C1c1cccc(Oc2ccccc2S(=O)(=O)CCCO)c1. The zero-order valence-corrected chi connectivity index (χ0v) is 19.0. The molecule has 1 N–H and O–H groups in total. The number of para-hydroxylation sites is 1.